The first kappa shape index (κ1) is 26.5. The lowest BCUT2D eigenvalue weighted by Gasteiger charge is -2.26. The van der Waals surface area contributed by atoms with Crippen molar-refractivity contribution < 1.29 is 24.1 Å². The van der Waals surface area contributed by atoms with Crippen LogP contribution < -0.4 is 21.1 Å². The molecule has 3 aromatic rings. The van der Waals surface area contributed by atoms with Crippen LogP contribution in [-0.4, -0.2) is 100 Å². The number of imidazole rings is 1. The van der Waals surface area contributed by atoms with Gasteiger partial charge >= 0.3 is 0 Å². The van der Waals surface area contributed by atoms with Crippen LogP contribution in [0, 0.1) is 0 Å². The minimum Gasteiger partial charge on any atom is -0.492 e. The fourth-order valence-electron chi connectivity index (χ4n) is 4.58. The van der Waals surface area contributed by atoms with Gasteiger partial charge in [-0.25, -0.2) is 15.0 Å². The molecule has 0 bridgehead atoms. The highest BCUT2D eigenvalue weighted by Crippen LogP contribution is 2.32. The van der Waals surface area contributed by atoms with Crippen molar-refractivity contribution in [3.63, 3.8) is 0 Å². The number of carbonyl (C=O) groups is 1. The second-order valence-corrected chi connectivity index (χ2v) is 9.52. The Kier molecular flexibility index (Phi) is 8.21. The van der Waals surface area contributed by atoms with Crippen LogP contribution in [0.4, 0.5) is 5.82 Å². The summed E-state index contributed by atoms with van der Waals surface area (Å²) in [7, 11) is 1.48. The number of nitrogens with zero attached hydrogens (tertiary/aromatic N) is 5. The third-order valence-electron chi connectivity index (χ3n) is 6.70. The van der Waals surface area contributed by atoms with E-state index >= 15 is 0 Å². The summed E-state index contributed by atoms with van der Waals surface area (Å²) < 4.78 is 18.8. The van der Waals surface area contributed by atoms with E-state index in [1.807, 2.05) is 12.1 Å². The van der Waals surface area contributed by atoms with Crippen molar-refractivity contribution in [3.8, 4) is 5.75 Å². The number of morpholine rings is 1. The van der Waals surface area contributed by atoms with Crippen molar-refractivity contribution in [1.82, 2.24) is 29.7 Å². The standard InChI is InChI=1S/C24H31ClN8O5/c1-27-23(35)20-17(26)19(34)24(38-20)33-13-31-18-21(29-12-30-22(18)33)28-11-14-10-15(25)2-3-16(14)37-9-6-32-4-7-36-8-5-32/h2-3,10,12-13,17,19-20,24,34H,4-9,11,26H2,1H3,(H,27,35)(H,28,29,30)/t17-,19+,20-,24+/m0/s1. The topological polar surface area (TPSA) is 162 Å². The number of benzene rings is 1. The molecular weight excluding hydrogens is 516 g/mol. The molecule has 2 fully saturated rings. The van der Waals surface area contributed by atoms with Crippen LogP contribution >= 0.6 is 11.6 Å². The minimum absolute atomic E-state index is 0.374. The summed E-state index contributed by atoms with van der Waals surface area (Å²) in [5.41, 5.74) is 7.79. The summed E-state index contributed by atoms with van der Waals surface area (Å²) in [5, 5.41) is 17.0. The van der Waals surface area contributed by atoms with E-state index in [9.17, 15) is 9.90 Å². The molecule has 4 atom stereocenters. The number of likely N-dealkylation sites (N-methyl/N-ethyl adjacent to an activating group) is 1. The van der Waals surface area contributed by atoms with E-state index in [4.69, 9.17) is 31.5 Å². The van der Waals surface area contributed by atoms with Crippen LogP contribution in [0.5, 0.6) is 5.75 Å². The van der Waals surface area contributed by atoms with Gasteiger partial charge < -0.3 is 35.7 Å². The average molecular weight is 547 g/mol. The van der Waals surface area contributed by atoms with Crippen LogP contribution in [0.15, 0.2) is 30.9 Å². The number of aromatic nitrogens is 4. The van der Waals surface area contributed by atoms with Gasteiger partial charge in [-0.15, -0.1) is 0 Å². The number of aliphatic hydroxyl groups excluding tert-OH is 1. The Morgan fingerprint density at radius 3 is 2.89 bits per heavy atom. The number of nitrogens with one attached hydrogen (secondary N) is 2. The number of halogens is 1. The summed E-state index contributed by atoms with van der Waals surface area (Å²) in [6.45, 7) is 5.01. The highest BCUT2D eigenvalue weighted by molar-refractivity contribution is 6.30. The lowest BCUT2D eigenvalue weighted by atomic mass is 10.1. The molecule has 1 amide bonds. The molecule has 0 unspecified atom stereocenters. The number of carbonyl (C=O) groups excluding carboxylic acids is 1. The van der Waals surface area contributed by atoms with Crippen LogP contribution in [0.3, 0.4) is 0 Å². The van der Waals surface area contributed by atoms with E-state index in [0.29, 0.717) is 35.2 Å². The molecule has 2 aliphatic rings. The summed E-state index contributed by atoms with van der Waals surface area (Å²) in [6.07, 6.45) is -0.194. The normalized spacial score (nSPS) is 24.0. The number of hydrogen-bond acceptors (Lipinski definition) is 11. The van der Waals surface area contributed by atoms with Crippen LogP contribution in [0.2, 0.25) is 5.02 Å². The van der Waals surface area contributed by atoms with Gasteiger partial charge in [-0.3, -0.25) is 14.3 Å². The molecular formula is C24H31ClN8O5. The van der Waals surface area contributed by atoms with Crippen molar-refractivity contribution in [2.75, 3.05) is 51.8 Å². The van der Waals surface area contributed by atoms with Crippen molar-refractivity contribution >= 4 is 34.5 Å². The number of rotatable bonds is 9. The van der Waals surface area contributed by atoms with Crippen LogP contribution in [0.25, 0.3) is 11.2 Å². The Morgan fingerprint density at radius 2 is 2.11 bits per heavy atom. The van der Waals surface area contributed by atoms with Gasteiger partial charge in [0.15, 0.2) is 29.3 Å². The first-order chi connectivity index (χ1) is 18.5. The van der Waals surface area contributed by atoms with Gasteiger partial charge in [0.1, 0.15) is 24.8 Å². The first-order valence-corrected chi connectivity index (χ1v) is 12.8. The summed E-state index contributed by atoms with van der Waals surface area (Å²) in [6, 6.07) is 4.59. The number of nitrogens with two attached hydrogens (primary N) is 1. The van der Waals surface area contributed by atoms with Crippen LogP contribution in [0.1, 0.15) is 11.8 Å². The van der Waals surface area contributed by atoms with E-state index in [-0.39, 0.29) is 0 Å². The monoisotopic (exact) mass is 546 g/mol. The maximum absolute atomic E-state index is 12.1. The number of fused-ring (bicyclic) bond motifs is 1. The van der Waals surface area contributed by atoms with Gasteiger partial charge in [0.05, 0.1) is 25.6 Å². The maximum Gasteiger partial charge on any atom is 0.250 e. The van der Waals surface area contributed by atoms with Gasteiger partial charge in [-0.1, -0.05) is 11.6 Å². The zero-order valence-electron chi connectivity index (χ0n) is 20.9. The number of amides is 1. The average Bonchev–Trinajstić information content (AvgIpc) is 3.49. The second kappa shape index (κ2) is 11.8. The molecule has 0 aliphatic carbocycles. The predicted octanol–water partition coefficient (Wildman–Crippen LogP) is 0.134. The number of anilines is 1. The molecule has 0 saturated carbocycles. The Balaban J connectivity index is 1.29. The highest BCUT2D eigenvalue weighted by Gasteiger charge is 2.46. The molecule has 1 aromatic carbocycles. The molecule has 2 aromatic heterocycles. The Bertz CT molecular complexity index is 1270. The number of ether oxygens (including phenoxy) is 3. The molecule has 14 heteroatoms. The Hall–Kier alpha value is -3.07. The first-order valence-electron chi connectivity index (χ1n) is 12.4. The largest absolute Gasteiger partial charge is 0.492 e. The second-order valence-electron chi connectivity index (χ2n) is 9.08. The minimum atomic E-state index is -1.13. The van der Waals surface area contributed by atoms with Crippen molar-refractivity contribution in [2.24, 2.45) is 5.73 Å². The predicted molar refractivity (Wildman–Crippen MR) is 139 cm³/mol. The summed E-state index contributed by atoms with van der Waals surface area (Å²) in [5.74, 6) is 0.792. The van der Waals surface area contributed by atoms with Gasteiger partial charge in [0.2, 0.25) is 0 Å². The molecule has 38 heavy (non-hydrogen) atoms. The van der Waals surface area contributed by atoms with Crippen molar-refractivity contribution in [2.45, 2.75) is 31.0 Å². The Labute approximate surface area is 224 Å². The Morgan fingerprint density at radius 1 is 1.29 bits per heavy atom. The van der Waals surface area contributed by atoms with E-state index in [0.717, 1.165) is 44.2 Å². The third-order valence-corrected chi connectivity index (χ3v) is 6.93. The fourth-order valence-corrected chi connectivity index (χ4v) is 4.78. The van der Waals surface area contributed by atoms with Crippen molar-refractivity contribution in [1.29, 1.82) is 0 Å². The van der Waals surface area contributed by atoms with Crippen LogP contribution in [-0.2, 0) is 20.8 Å². The fraction of sp³-hybridized carbons (Fsp3) is 0.500. The molecule has 5 N–H and O–H groups in total. The molecule has 2 aliphatic heterocycles. The summed E-state index contributed by atoms with van der Waals surface area (Å²) >= 11 is 6.27. The third kappa shape index (κ3) is 5.53. The quantitative estimate of drug-likeness (QED) is 0.288. The zero-order valence-corrected chi connectivity index (χ0v) is 21.7. The van der Waals surface area contributed by atoms with E-state index in [1.165, 1.54) is 19.7 Å². The SMILES string of the molecule is CNC(=O)[C@H]1O[C@@H](n2cnc3c(NCc4cc(Cl)ccc4OCCN4CCOCC4)ncnc32)[C@H](O)[C@@H]1N. The van der Waals surface area contributed by atoms with E-state index in [1.54, 1.807) is 10.6 Å². The molecule has 2 saturated heterocycles. The molecule has 4 heterocycles. The van der Waals surface area contributed by atoms with E-state index < -0.39 is 30.4 Å². The number of aliphatic hydroxyl groups is 1. The van der Waals surface area contributed by atoms with Gasteiger partial charge in [0, 0.05) is 43.8 Å². The van der Waals surface area contributed by atoms with Gasteiger partial charge in [-0.2, -0.15) is 0 Å². The zero-order chi connectivity index (χ0) is 26.6. The van der Waals surface area contributed by atoms with Crippen molar-refractivity contribution in [3.05, 3.63) is 41.4 Å². The molecule has 13 nitrogen and oxygen atoms in total. The lowest BCUT2D eigenvalue weighted by molar-refractivity contribution is -0.134. The van der Waals surface area contributed by atoms with E-state index in [2.05, 4.69) is 30.5 Å². The molecule has 204 valence electrons. The maximum atomic E-state index is 12.1. The van der Waals surface area contributed by atoms with Gasteiger partial charge in [0.25, 0.3) is 5.91 Å². The smallest absolute Gasteiger partial charge is 0.250 e. The molecule has 5 rings (SSSR count). The van der Waals surface area contributed by atoms with Gasteiger partial charge in [-0.05, 0) is 18.2 Å². The molecule has 0 radical (unpaired) electrons. The highest BCUT2D eigenvalue weighted by atomic mass is 35.5. The lowest BCUT2D eigenvalue weighted by Crippen LogP contribution is -2.46. The molecule has 0 spiro atoms. The summed E-state index contributed by atoms with van der Waals surface area (Å²) in [4.78, 5) is 27.5. The number of hydrogen-bond donors (Lipinski definition) is 4.